The average Bonchev–Trinajstić information content (AvgIpc) is 2.77. The molecule has 2 aromatic carbocycles. The third kappa shape index (κ3) is 4.35. The van der Waals surface area contributed by atoms with E-state index < -0.39 is 88.3 Å². The molecular weight excluding hydrogens is 472 g/mol. The Labute approximate surface area is 195 Å². The molecule has 13 heteroatoms. The minimum absolute atomic E-state index is 0.184. The first-order chi connectivity index (χ1) is 16.5. The summed E-state index contributed by atoms with van der Waals surface area (Å²) in [5, 5.41) is 69.7. The number of aliphatic hydroxyl groups is 2. The number of phenolic OH excluding ortho intramolecular Hbond substituents is 5. The molecule has 7 N–H and O–H groups in total. The van der Waals surface area contributed by atoms with E-state index in [-0.39, 0.29) is 11.1 Å². The van der Waals surface area contributed by atoms with Gasteiger partial charge in [0.25, 0.3) is 0 Å². The first-order valence-electron chi connectivity index (χ1n) is 10.1. The number of rotatable bonds is 4. The average molecular weight is 492 g/mol. The van der Waals surface area contributed by atoms with Crippen LogP contribution in [0.2, 0.25) is 0 Å². The molecule has 0 saturated carbocycles. The summed E-state index contributed by atoms with van der Waals surface area (Å²) in [6.45, 7) is 0.608. The predicted molar refractivity (Wildman–Crippen MR) is 114 cm³/mol. The topological polar surface area (TPSA) is 217 Å². The fourth-order valence-corrected chi connectivity index (χ4v) is 3.63. The van der Waals surface area contributed by atoms with E-state index in [1.807, 2.05) is 0 Å². The number of benzene rings is 2. The number of aliphatic hydroxyl groups excluding tert-OH is 2. The van der Waals surface area contributed by atoms with Gasteiger partial charge in [0.05, 0.1) is 6.61 Å². The normalized spacial score (nSPS) is 22.1. The van der Waals surface area contributed by atoms with Crippen LogP contribution in [-0.2, 0) is 14.3 Å². The number of esters is 1. The van der Waals surface area contributed by atoms with Crippen LogP contribution in [0.1, 0.15) is 6.92 Å². The van der Waals surface area contributed by atoms with E-state index in [0.29, 0.717) is 0 Å². The molecule has 1 saturated heterocycles. The van der Waals surface area contributed by atoms with Crippen LogP contribution in [0.3, 0.4) is 0 Å². The molecule has 2 heterocycles. The molecule has 1 aliphatic rings. The lowest BCUT2D eigenvalue weighted by atomic mass is 10.0. The zero-order valence-corrected chi connectivity index (χ0v) is 17.9. The van der Waals surface area contributed by atoms with Gasteiger partial charge in [-0.05, 0) is 12.1 Å². The fourth-order valence-electron chi connectivity index (χ4n) is 3.63. The molecule has 1 aliphatic heterocycles. The van der Waals surface area contributed by atoms with Gasteiger partial charge in [0.1, 0.15) is 28.6 Å². The largest absolute Gasteiger partial charge is 0.508 e. The van der Waals surface area contributed by atoms with Crippen molar-refractivity contribution in [1.82, 2.24) is 0 Å². The van der Waals surface area contributed by atoms with E-state index in [4.69, 9.17) is 18.6 Å². The van der Waals surface area contributed by atoms with Gasteiger partial charge in [-0.3, -0.25) is 9.59 Å². The summed E-state index contributed by atoms with van der Waals surface area (Å²) < 4.78 is 21.4. The SMILES string of the molecule is CC(=O)OC1C(O)COC(Oc2c(-c3cc(O)c(O)c(O)c3)oc3cc(O)cc(O)c3c2=O)C1O. The number of carbonyl (C=O) groups is 1. The maximum absolute atomic E-state index is 13.3. The number of hydrogen-bond acceptors (Lipinski definition) is 13. The van der Waals surface area contributed by atoms with E-state index in [1.165, 1.54) is 0 Å². The van der Waals surface area contributed by atoms with E-state index >= 15 is 0 Å². The third-order valence-electron chi connectivity index (χ3n) is 5.21. The molecule has 13 nitrogen and oxygen atoms in total. The van der Waals surface area contributed by atoms with Crippen molar-refractivity contribution in [3.05, 3.63) is 34.5 Å². The lowest BCUT2D eigenvalue weighted by molar-refractivity contribution is -0.249. The van der Waals surface area contributed by atoms with Crippen LogP contribution in [-0.4, -0.2) is 72.9 Å². The van der Waals surface area contributed by atoms with Crippen molar-refractivity contribution in [3.8, 4) is 45.8 Å². The standard InChI is InChI=1S/C22H20O13/c1-7(23)33-20-13(28)6-32-22(18(20)31)35-21-17(30)15-10(25)4-9(24)5-14(15)34-19(21)8-2-11(26)16(29)12(27)3-8/h2-5,13,18,20,22,24-29,31H,6H2,1H3. The lowest BCUT2D eigenvalue weighted by Gasteiger charge is -2.36. The van der Waals surface area contributed by atoms with Crippen LogP contribution >= 0.6 is 0 Å². The second-order valence-electron chi connectivity index (χ2n) is 7.74. The first kappa shape index (κ1) is 23.9. The molecule has 0 amide bonds. The lowest BCUT2D eigenvalue weighted by Crippen LogP contribution is -2.56. The predicted octanol–water partition coefficient (Wildman–Crippen LogP) is 0.377. The van der Waals surface area contributed by atoms with Crippen molar-refractivity contribution in [2.45, 2.75) is 31.5 Å². The van der Waals surface area contributed by atoms with Gasteiger partial charge < -0.3 is 54.4 Å². The third-order valence-corrected chi connectivity index (χ3v) is 5.21. The van der Waals surface area contributed by atoms with Crippen LogP contribution in [0.5, 0.6) is 34.5 Å². The Bertz CT molecular complexity index is 1340. The second-order valence-corrected chi connectivity index (χ2v) is 7.74. The molecule has 3 aromatic rings. The zero-order valence-electron chi connectivity index (χ0n) is 17.9. The summed E-state index contributed by atoms with van der Waals surface area (Å²) in [6.07, 6.45) is -6.32. The zero-order chi connectivity index (χ0) is 25.6. The summed E-state index contributed by atoms with van der Waals surface area (Å²) >= 11 is 0. The number of hydrogen-bond donors (Lipinski definition) is 7. The van der Waals surface area contributed by atoms with Gasteiger partial charge in [-0.15, -0.1) is 0 Å². The smallest absolute Gasteiger partial charge is 0.303 e. The van der Waals surface area contributed by atoms with E-state index in [2.05, 4.69) is 0 Å². The van der Waals surface area contributed by atoms with E-state index in [0.717, 1.165) is 31.2 Å². The van der Waals surface area contributed by atoms with Crippen molar-refractivity contribution in [2.75, 3.05) is 6.61 Å². The van der Waals surface area contributed by atoms with Crippen molar-refractivity contribution in [2.24, 2.45) is 0 Å². The maximum Gasteiger partial charge on any atom is 0.303 e. The number of fused-ring (bicyclic) bond motifs is 1. The van der Waals surface area contributed by atoms with Crippen molar-refractivity contribution >= 4 is 16.9 Å². The molecule has 0 spiro atoms. The second kappa shape index (κ2) is 8.87. The monoisotopic (exact) mass is 492 g/mol. The Morgan fingerprint density at radius 2 is 1.66 bits per heavy atom. The van der Waals surface area contributed by atoms with Crippen LogP contribution in [0, 0.1) is 0 Å². The minimum atomic E-state index is -1.78. The molecule has 4 atom stereocenters. The highest BCUT2D eigenvalue weighted by molar-refractivity contribution is 5.88. The molecule has 1 aromatic heterocycles. The van der Waals surface area contributed by atoms with Crippen LogP contribution in [0.15, 0.2) is 33.5 Å². The Morgan fingerprint density at radius 1 is 1.00 bits per heavy atom. The Balaban J connectivity index is 1.89. The summed E-state index contributed by atoms with van der Waals surface area (Å²) in [5.74, 6) is -5.45. The van der Waals surface area contributed by atoms with Crippen LogP contribution in [0.25, 0.3) is 22.3 Å². The maximum atomic E-state index is 13.3. The van der Waals surface area contributed by atoms with E-state index in [1.54, 1.807) is 0 Å². The Hall–Kier alpha value is -4.20. The van der Waals surface area contributed by atoms with Gasteiger partial charge in [0, 0.05) is 24.6 Å². The number of ether oxygens (including phenoxy) is 3. The minimum Gasteiger partial charge on any atom is -0.508 e. The first-order valence-corrected chi connectivity index (χ1v) is 10.1. The highest BCUT2D eigenvalue weighted by atomic mass is 16.7. The van der Waals surface area contributed by atoms with Gasteiger partial charge >= 0.3 is 5.97 Å². The van der Waals surface area contributed by atoms with Crippen molar-refractivity contribution < 1.29 is 59.2 Å². The quantitative estimate of drug-likeness (QED) is 0.194. The summed E-state index contributed by atoms with van der Waals surface area (Å²) in [5.41, 5.74) is -1.49. The number of phenols is 5. The van der Waals surface area contributed by atoms with Crippen LogP contribution < -0.4 is 10.2 Å². The highest BCUT2D eigenvalue weighted by Gasteiger charge is 2.43. The Morgan fingerprint density at radius 3 is 2.29 bits per heavy atom. The fraction of sp³-hybridized carbons (Fsp3) is 0.273. The molecular formula is C22H20O13. The summed E-state index contributed by atoms with van der Waals surface area (Å²) in [7, 11) is 0. The van der Waals surface area contributed by atoms with Crippen molar-refractivity contribution in [3.63, 3.8) is 0 Å². The van der Waals surface area contributed by atoms with Gasteiger partial charge in [0.15, 0.2) is 35.2 Å². The Kier molecular flexibility index (Phi) is 6.06. The summed E-state index contributed by atoms with van der Waals surface area (Å²) in [6, 6.07) is 3.75. The van der Waals surface area contributed by atoms with Gasteiger partial charge in [0.2, 0.25) is 17.5 Å². The molecule has 4 rings (SSSR count). The molecule has 1 fully saturated rings. The van der Waals surface area contributed by atoms with Gasteiger partial charge in [-0.25, -0.2) is 0 Å². The van der Waals surface area contributed by atoms with Crippen LogP contribution in [0.4, 0.5) is 0 Å². The van der Waals surface area contributed by atoms with Gasteiger partial charge in [-0.2, -0.15) is 0 Å². The summed E-state index contributed by atoms with van der Waals surface area (Å²) in [4.78, 5) is 24.7. The molecule has 0 bridgehead atoms. The highest BCUT2D eigenvalue weighted by Crippen LogP contribution is 2.43. The number of carbonyl (C=O) groups excluding carboxylic acids is 1. The van der Waals surface area contributed by atoms with Gasteiger partial charge in [-0.1, -0.05) is 0 Å². The molecule has 0 aliphatic carbocycles. The molecule has 4 unspecified atom stereocenters. The molecule has 0 radical (unpaired) electrons. The molecule has 35 heavy (non-hydrogen) atoms. The number of aromatic hydroxyl groups is 5. The van der Waals surface area contributed by atoms with E-state index in [9.17, 15) is 45.3 Å². The molecule has 186 valence electrons. The van der Waals surface area contributed by atoms with Crippen molar-refractivity contribution in [1.29, 1.82) is 0 Å².